The second-order valence-corrected chi connectivity index (χ2v) is 7.68. The lowest BCUT2D eigenvalue weighted by molar-refractivity contribution is 0.154. The molecule has 6 nitrogen and oxygen atoms in total. The van der Waals surface area contributed by atoms with Gasteiger partial charge in [0, 0.05) is 26.2 Å². The van der Waals surface area contributed by atoms with Gasteiger partial charge in [0.2, 0.25) is 10.0 Å². The summed E-state index contributed by atoms with van der Waals surface area (Å²) in [5, 5.41) is 0. The number of para-hydroxylation sites is 1. The van der Waals surface area contributed by atoms with Crippen LogP contribution in [0, 0.1) is 0 Å². The number of carbonyl (C=O) groups is 1. The highest BCUT2D eigenvalue weighted by Crippen LogP contribution is 2.14. The smallest absolute Gasteiger partial charge is 0.410 e. The molecular formula is C16H24N2O4S. The number of hydrogen-bond acceptors (Lipinski definition) is 4. The molecule has 1 amide bonds. The maximum atomic E-state index is 12.3. The number of ether oxygens (including phenoxy) is 1. The summed E-state index contributed by atoms with van der Waals surface area (Å²) in [6.07, 6.45) is 1.71. The minimum atomic E-state index is -3.22. The number of carbonyl (C=O) groups excluding carboxylic acids is 1. The van der Waals surface area contributed by atoms with Crippen molar-refractivity contribution < 1.29 is 17.9 Å². The molecule has 1 aromatic carbocycles. The molecule has 0 spiro atoms. The molecule has 7 heteroatoms. The van der Waals surface area contributed by atoms with Crippen molar-refractivity contribution in [3.05, 3.63) is 30.3 Å². The molecule has 0 saturated carbocycles. The largest absolute Gasteiger partial charge is 0.415 e. The van der Waals surface area contributed by atoms with Gasteiger partial charge in [0.15, 0.2) is 0 Å². The van der Waals surface area contributed by atoms with Gasteiger partial charge in [0.25, 0.3) is 0 Å². The van der Waals surface area contributed by atoms with Gasteiger partial charge in [0.05, 0.1) is 5.75 Å². The van der Waals surface area contributed by atoms with Crippen LogP contribution in [-0.4, -0.2) is 55.6 Å². The Morgan fingerprint density at radius 2 is 1.87 bits per heavy atom. The number of rotatable bonds is 5. The van der Waals surface area contributed by atoms with E-state index in [1.807, 2.05) is 13.0 Å². The Labute approximate surface area is 138 Å². The molecule has 1 aromatic rings. The number of nitrogens with zero attached hydrogens (tertiary/aromatic N) is 2. The van der Waals surface area contributed by atoms with E-state index in [0.717, 1.165) is 6.42 Å². The van der Waals surface area contributed by atoms with Crippen molar-refractivity contribution in [2.75, 3.05) is 31.9 Å². The van der Waals surface area contributed by atoms with Gasteiger partial charge in [-0.15, -0.1) is 0 Å². The van der Waals surface area contributed by atoms with Gasteiger partial charge in [-0.2, -0.15) is 0 Å². The van der Waals surface area contributed by atoms with E-state index in [-0.39, 0.29) is 5.75 Å². The molecule has 0 unspecified atom stereocenters. The zero-order valence-electron chi connectivity index (χ0n) is 13.5. The van der Waals surface area contributed by atoms with Crippen LogP contribution in [0.25, 0.3) is 0 Å². The molecule has 1 fully saturated rings. The molecule has 23 heavy (non-hydrogen) atoms. The summed E-state index contributed by atoms with van der Waals surface area (Å²) in [6.45, 7) is 3.62. The summed E-state index contributed by atoms with van der Waals surface area (Å²) >= 11 is 0. The van der Waals surface area contributed by atoms with Crippen LogP contribution in [0.2, 0.25) is 0 Å². The molecule has 0 atom stereocenters. The predicted molar refractivity (Wildman–Crippen MR) is 88.9 cm³/mol. The average Bonchev–Trinajstić information content (AvgIpc) is 2.80. The van der Waals surface area contributed by atoms with E-state index in [0.29, 0.717) is 44.8 Å². The molecule has 1 aliphatic heterocycles. The van der Waals surface area contributed by atoms with Crippen molar-refractivity contribution in [2.45, 2.75) is 26.2 Å². The van der Waals surface area contributed by atoms with Crippen molar-refractivity contribution in [2.24, 2.45) is 0 Å². The maximum Gasteiger partial charge on any atom is 0.415 e. The van der Waals surface area contributed by atoms with E-state index in [1.165, 1.54) is 4.31 Å². The highest BCUT2D eigenvalue weighted by Gasteiger charge is 2.27. The van der Waals surface area contributed by atoms with Crippen molar-refractivity contribution in [1.82, 2.24) is 9.21 Å². The molecule has 0 bridgehead atoms. The fourth-order valence-corrected chi connectivity index (χ4v) is 4.14. The molecular weight excluding hydrogens is 316 g/mol. The Morgan fingerprint density at radius 3 is 2.57 bits per heavy atom. The second-order valence-electron chi connectivity index (χ2n) is 5.59. The van der Waals surface area contributed by atoms with Crippen LogP contribution in [0.5, 0.6) is 5.75 Å². The minimum Gasteiger partial charge on any atom is -0.410 e. The van der Waals surface area contributed by atoms with Crippen LogP contribution in [0.4, 0.5) is 4.79 Å². The molecule has 1 saturated heterocycles. The Kier molecular flexibility index (Phi) is 6.41. The Bertz CT molecular complexity index is 604. The first-order chi connectivity index (χ1) is 11.0. The summed E-state index contributed by atoms with van der Waals surface area (Å²) in [6, 6.07) is 8.89. The predicted octanol–water partition coefficient (Wildman–Crippen LogP) is 2.32. The third-order valence-electron chi connectivity index (χ3n) is 3.81. The summed E-state index contributed by atoms with van der Waals surface area (Å²) < 4.78 is 31.3. The SMILES string of the molecule is CCCCS(=O)(=O)N1CCCN(C(=O)Oc2ccccc2)CC1. The lowest BCUT2D eigenvalue weighted by atomic mass is 10.3. The highest BCUT2D eigenvalue weighted by atomic mass is 32.2. The lowest BCUT2D eigenvalue weighted by Gasteiger charge is -2.21. The molecule has 1 aliphatic rings. The van der Waals surface area contributed by atoms with Crippen LogP contribution >= 0.6 is 0 Å². The first-order valence-corrected chi connectivity index (χ1v) is 9.63. The molecule has 0 N–H and O–H groups in total. The quantitative estimate of drug-likeness (QED) is 0.825. The van der Waals surface area contributed by atoms with Crippen molar-refractivity contribution in [3.8, 4) is 5.75 Å². The number of sulfonamides is 1. The Morgan fingerprint density at radius 1 is 1.13 bits per heavy atom. The van der Waals surface area contributed by atoms with Gasteiger partial charge in [-0.25, -0.2) is 17.5 Å². The summed E-state index contributed by atoms with van der Waals surface area (Å²) in [4.78, 5) is 13.8. The molecule has 0 aliphatic carbocycles. The van der Waals surface area contributed by atoms with Gasteiger partial charge in [-0.3, -0.25) is 0 Å². The zero-order valence-corrected chi connectivity index (χ0v) is 14.3. The van der Waals surface area contributed by atoms with Gasteiger partial charge in [-0.1, -0.05) is 31.5 Å². The zero-order chi connectivity index (χ0) is 16.7. The van der Waals surface area contributed by atoms with Crippen LogP contribution in [-0.2, 0) is 10.0 Å². The number of unbranched alkanes of at least 4 members (excludes halogenated alkanes) is 1. The molecule has 0 aromatic heterocycles. The third-order valence-corrected chi connectivity index (χ3v) is 5.77. The first-order valence-electron chi connectivity index (χ1n) is 8.02. The van der Waals surface area contributed by atoms with Crippen LogP contribution < -0.4 is 4.74 Å². The van der Waals surface area contributed by atoms with Gasteiger partial charge in [0.1, 0.15) is 5.75 Å². The fourth-order valence-electron chi connectivity index (χ4n) is 2.46. The first kappa shape index (κ1) is 17.7. The summed E-state index contributed by atoms with van der Waals surface area (Å²) in [7, 11) is -3.22. The molecule has 0 radical (unpaired) electrons. The maximum absolute atomic E-state index is 12.3. The van der Waals surface area contributed by atoms with E-state index in [1.54, 1.807) is 29.2 Å². The minimum absolute atomic E-state index is 0.179. The average molecular weight is 340 g/mol. The van der Waals surface area contributed by atoms with Crippen molar-refractivity contribution in [1.29, 1.82) is 0 Å². The molecule has 2 rings (SSSR count). The van der Waals surface area contributed by atoms with E-state index in [4.69, 9.17) is 4.74 Å². The standard InChI is InChI=1S/C16H24N2O4S/c1-2-3-14-23(20,21)18-11-7-10-17(12-13-18)16(19)22-15-8-5-4-6-9-15/h4-6,8-9H,2-3,7,10-14H2,1H3. The van der Waals surface area contributed by atoms with E-state index in [9.17, 15) is 13.2 Å². The Hall–Kier alpha value is -1.60. The highest BCUT2D eigenvalue weighted by molar-refractivity contribution is 7.89. The summed E-state index contributed by atoms with van der Waals surface area (Å²) in [5.41, 5.74) is 0. The number of benzene rings is 1. The number of amides is 1. The Balaban J connectivity index is 1.92. The van der Waals surface area contributed by atoms with Crippen LogP contribution in [0.3, 0.4) is 0 Å². The molecule has 1 heterocycles. The van der Waals surface area contributed by atoms with Crippen LogP contribution in [0.15, 0.2) is 30.3 Å². The molecule has 128 valence electrons. The third kappa shape index (κ3) is 5.21. The summed E-state index contributed by atoms with van der Waals surface area (Å²) in [5.74, 6) is 0.673. The van der Waals surface area contributed by atoms with Gasteiger partial charge < -0.3 is 9.64 Å². The monoisotopic (exact) mass is 340 g/mol. The van der Waals surface area contributed by atoms with E-state index < -0.39 is 16.1 Å². The second kappa shape index (κ2) is 8.31. The van der Waals surface area contributed by atoms with E-state index >= 15 is 0 Å². The topological polar surface area (TPSA) is 66.9 Å². The fraction of sp³-hybridized carbons (Fsp3) is 0.562. The lowest BCUT2D eigenvalue weighted by Crippen LogP contribution is -2.39. The van der Waals surface area contributed by atoms with E-state index in [2.05, 4.69) is 0 Å². The van der Waals surface area contributed by atoms with Crippen molar-refractivity contribution >= 4 is 16.1 Å². The van der Waals surface area contributed by atoms with Crippen molar-refractivity contribution in [3.63, 3.8) is 0 Å². The van der Waals surface area contributed by atoms with Crippen LogP contribution in [0.1, 0.15) is 26.2 Å². The number of hydrogen-bond donors (Lipinski definition) is 0. The van der Waals surface area contributed by atoms with Gasteiger partial charge >= 0.3 is 6.09 Å². The normalized spacial score (nSPS) is 16.8. The van der Waals surface area contributed by atoms with Gasteiger partial charge in [-0.05, 0) is 25.0 Å².